The molecular weight excluding hydrogens is 307 g/mol. The van der Waals surface area contributed by atoms with Crippen LogP contribution in [0.3, 0.4) is 0 Å². The molecule has 1 aliphatic heterocycles. The minimum Gasteiger partial charge on any atom is -0.379 e. The summed E-state index contributed by atoms with van der Waals surface area (Å²) in [5.74, 6) is -0.889. The van der Waals surface area contributed by atoms with Crippen molar-refractivity contribution in [1.29, 1.82) is 0 Å². The molecule has 1 heterocycles. The summed E-state index contributed by atoms with van der Waals surface area (Å²) in [7, 11) is 0. The number of hydrogen-bond acceptors (Lipinski definition) is 3. The zero-order valence-corrected chi connectivity index (χ0v) is 13.5. The maximum Gasteiger partial charge on any atom is 0.254 e. The monoisotopic (exact) mass is 328 g/mol. The molecule has 0 bridgehead atoms. The van der Waals surface area contributed by atoms with Gasteiger partial charge in [-0.25, -0.2) is 4.39 Å². The number of morpholine rings is 1. The standard InChI is InChI=1S/C19H21FN2O2/c20-17-9-5-4-8-16(17)19(23)21-14-18(15-6-2-1-3-7-15)22-10-12-24-13-11-22/h1-9,18H,10-14H2,(H,21,23). The van der Waals surface area contributed by atoms with E-state index in [9.17, 15) is 9.18 Å². The van der Waals surface area contributed by atoms with Crippen LogP contribution in [0.2, 0.25) is 0 Å². The molecule has 1 fully saturated rings. The van der Waals surface area contributed by atoms with E-state index in [0.29, 0.717) is 19.8 Å². The van der Waals surface area contributed by atoms with Crippen molar-refractivity contribution in [1.82, 2.24) is 10.2 Å². The van der Waals surface area contributed by atoms with E-state index in [0.717, 1.165) is 18.7 Å². The first-order valence-electron chi connectivity index (χ1n) is 8.15. The summed E-state index contributed by atoms with van der Waals surface area (Å²) < 4.78 is 19.2. The van der Waals surface area contributed by atoms with Gasteiger partial charge < -0.3 is 10.1 Å². The van der Waals surface area contributed by atoms with Crippen molar-refractivity contribution in [2.45, 2.75) is 6.04 Å². The molecule has 1 amide bonds. The Labute approximate surface area is 141 Å². The number of carbonyl (C=O) groups is 1. The smallest absolute Gasteiger partial charge is 0.254 e. The molecule has 2 aromatic rings. The Bertz CT molecular complexity index is 672. The Balaban J connectivity index is 1.72. The van der Waals surface area contributed by atoms with Crippen LogP contribution < -0.4 is 5.32 Å². The molecule has 0 aliphatic carbocycles. The summed E-state index contributed by atoms with van der Waals surface area (Å²) in [6, 6.07) is 16.1. The Morgan fingerprint density at radius 1 is 1.08 bits per heavy atom. The van der Waals surface area contributed by atoms with Crippen LogP contribution in [0.5, 0.6) is 0 Å². The molecule has 1 N–H and O–H groups in total. The number of ether oxygens (including phenoxy) is 1. The van der Waals surface area contributed by atoms with Gasteiger partial charge in [-0.1, -0.05) is 42.5 Å². The molecule has 24 heavy (non-hydrogen) atoms. The largest absolute Gasteiger partial charge is 0.379 e. The first kappa shape index (κ1) is 16.6. The third kappa shape index (κ3) is 3.99. The van der Waals surface area contributed by atoms with Crippen molar-refractivity contribution >= 4 is 5.91 Å². The van der Waals surface area contributed by atoms with Crippen LogP contribution in [-0.2, 0) is 4.74 Å². The average molecular weight is 328 g/mol. The normalized spacial score (nSPS) is 16.5. The summed E-state index contributed by atoms with van der Waals surface area (Å²) >= 11 is 0. The molecule has 0 radical (unpaired) electrons. The minimum atomic E-state index is -0.502. The van der Waals surface area contributed by atoms with Gasteiger partial charge in [0.15, 0.2) is 0 Å². The number of carbonyl (C=O) groups excluding carboxylic acids is 1. The molecule has 2 aromatic carbocycles. The van der Waals surface area contributed by atoms with Crippen LogP contribution in [0.25, 0.3) is 0 Å². The molecule has 1 saturated heterocycles. The lowest BCUT2D eigenvalue weighted by atomic mass is 10.0. The van der Waals surface area contributed by atoms with Crippen LogP contribution in [-0.4, -0.2) is 43.7 Å². The van der Waals surface area contributed by atoms with Gasteiger partial charge in [0.25, 0.3) is 5.91 Å². The molecule has 0 aromatic heterocycles. The highest BCUT2D eigenvalue weighted by Gasteiger charge is 2.23. The molecule has 1 atom stereocenters. The number of benzene rings is 2. The Morgan fingerprint density at radius 3 is 2.46 bits per heavy atom. The first-order valence-corrected chi connectivity index (χ1v) is 8.15. The highest BCUT2D eigenvalue weighted by Crippen LogP contribution is 2.21. The van der Waals surface area contributed by atoms with E-state index in [2.05, 4.69) is 22.3 Å². The van der Waals surface area contributed by atoms with Gasteiger partial charge in [-0.15, -0.1) is 0 Å². The third-order valence-electron chi connectivity index (χ3n) is 4.25. The maximum atomic E-state index is 13.8. The second kappa shape index (κ2) is 8.04. The summed E-state index contributed by atoms with van der Waals surface area (Å²) in [6.45, 7) is 3.43. The molecule has 4 nitrogen and oxygen atoms in total. The lowest BCUT2D eigenvalue weighted by molar-refractivity contribution is 0.0162. The number of hydrogen-bond donors (Lipinski definition) is 1. The Hall–Kier alpha value is -2.24. The van der Waals surface area contributed by atoms with Crippen molar-refractivity contribution in [3.63, 3.8) is 0 Å². The van der Waals surface area contributed by atoms with Crippen LogP contribution in [0.15, 0.2) is 54.6 Å². The van der Waals surface area contributed by atoms with Gasteiger partial charge in [0, 0.05) is 19.6 Å². The second-order valence-electron chi connectivity index (χ2n) is 5.76. The lowest BCUT2D eigenvalue weighted by Gasteiger charge is -2.35. The van der Waals surface area contributed by atoms with E-state index < -0.39 is 5.82 Å². The summed E-state index contributed by atoms with van der Waals surface area (Å²) in [5, 5.41) is 2.87. The van der Waals surface area contributed by atoms with Crippen LogP contribution in [0.4, 0.5) is 4.39 Å². The molecular formula is C19H21FN2O2. The van der Waals surface area contributed by atoms with E-state index >= 15 is 0 Å². The van der Waals surface area contributed by atoms with Gasteiger partial charge in [-0.2, -0.15) is 0 Å². The van der Waals surface area contributed by atoms with Gasteiger partial charge in [0.1, 0.15) is 5.82 Å². The minimum absolute atomic E-state index is 0.0471. The number of halogens is 1. The van der Waals surface area contributed by atoms with Crippen molar-refractivity contribution < 1.29 is 13.9 Å². The fraction of sp³-hybridized carbons (Fsp3) is 0.316. The fourth-order valence-corrected chi connectivity index (χ4v) is 2.95. The van der Waals surface area contributed by atoms with Crippen molar-refractivity contribution in [2.75, 3.05) is 32.8 Å². The van der Waals surface area contributed by atoms with Gasteiger partial charge in [0.2, 0.25) is 0 Å². The predicted octanol–water partition coefficient (Wildman–Crippen LogP) is 2.63. The molecule has 126 valence electrons. The van der Waals surface area contributed by atoms with E-state index in [1.54, 1.807) is 12.1 Å². The van der Waals surface area contributed by atoms with Crippen molar-refractivity contribution in [2.24, 2.45) is 0 Å². The zero-order chi connectivity index (χ0) is 16.8. The van der Waals surface area contributed by atoms with E-state index in [-0.39, 0.29) is 17.5 Å². The molecule has 1 aliphatic rings. The quantitative estimate of drug-likeness (QED) is 0.917. The molecule has 1 unspecified atom stereocenters. The molecule has 0 saturated carbocycles. The van der Waals surface area contributed by atoms with Crippen LogP contribution in [0.1, 0.15) is 22.0 Å². The predicted molar refractivity (Wildman–Crippen MR) is 90.3 cm³/mol. The third-order valence-corrected chi connectivity index (χ3v) is 4.25. The van der Waals surface area contributed by atoms with E-state index in [1.807, 2.05) is 18.2 Å². The van der Waals surface area contributed by atoms with Gasteiger partial charge in [0.05, 0.1) is 24.8 Å². The highest BCUT2D eigenvalue weighted by molar-refractivity contribution is 5.94. The summed E-state index contributed by atoms with van der Waals surface area (Å²) in [5.41, 5.74) is 1.21. The van der Waals surface area contributed by atoms with Gasteiger partial charge in [-0.3, -0.25) is 9.69 Å². The lowest BCUT2D eigenvalue weighted by Crippen LogP contribution is -2.43. The van der Waals surface area contributed by atoms with Crippen LogP contribution >= 0.6 is 0 Å². The first-order chi connectivity index (χ1) is 11.8. The van der Waals surface area contributed by atoms with Crippen LogP contribution in [0, 0.1) is 5.82 Å². The average Bonchev–Trinajstić information content (AvgIpc) is 2.64. The Morgan fingerprint density at radius 2 is 1.75 bits per heavy atom. The molecule has 5 heteroatoms. The number of amides is 1. The zero-order valence-electron chi connectivity index (χ0n) is 13.5. The van der Waals surface area contributed by atoms with Gasteiger partial charge >= 0.3 is 0 Å². The highest BCUT2D eigenvalue weighted by atomic mass is 19.1. The SMILES string of the molecule is O=C(NCC(c1ccccc1)N1CCOCC1)c1ccccc1F. The number of nitrogens with one attached hydrogen (secondary N) is 1. The Kier molecular flexibility index (Phi) is 5.56. The number of nitrogens with zero attached hydrogens (tertiary/aromatic N) is 1. The molecule has 3 rings (SSSR count). The van der Waals surface area contributed by atoms with Crippen molar-refractivity contribution in [3.8, 4) is 0 Å². The fourth-order valence-electron chi connectivity index (χ4n) is 2.95. The summed E-state index contributed by atoms with van der Waals surface area (Å²) in [6.07, 6.45) is 0. The summed E-state index contributed by atoms with van der Waals surface area (Å²) in [4.78, 5) is 14.6. The number of rotatable bonds is 5. The second-order valence-corrected chi connectivity index (χ2v) is 5.76. The molecule has 0 spiro atoms. The van der Waals surface area contributed by atoms with E-state index in [1.165, 1.54) is 12.1 Å². The maximum absolute atomic E-state index is 13.8. The topological polar surface area (TPSA) is 41.6 Å². The van der Waals surface area contributed by atoms with Crippen molar-refractivity contribution in [3.05, 3.63) is 71.5 Å². The van der Waals surface area contributed by atoms with E-state index in [4.69, 9.17) is 4.74 Å². The van der Waals surface area contributed by atoms with Gasteiger partial charge in [-0.05, 0) is 17.7 Å².